The Kier molecular flexibility index (Phi) is 5.69. The molecule has 0 saturated carbocycles. The van der Waals surface area contributed by atoms with E-state index in [1.807, 2.05) is 18.2 Å². The number of nitrogens with one attached hydrogen (secondary N) is 1. The largest absolute Gasteiger partial charge is 0.345 e. The molecule has 28 heavy (non-hydrogen) atoms. The lowest BCUT2D eigenvalue weighted by molar-refractivity contribution is 0.0934. The number of nitrogens with zero attached hydrogens (tertiary/aromatic N) is 1. The van der Waals surface area contributed by atoms with E-state index in [0.717, 1.165) is 35.5 Å². The molecule has 0 aromatic heterocycles. The molecule has 1 atom stereocenters. The van der Waals surface area contributed by atoms with E-state index < -0.39 is 10.0 Å². The average Bonchev–Trinajstić information content (AvgIpc) is 3.24. The highest BCUT2D eigenvalue weighted by molar-refractivity contribution is 7.99. The molecule has 0 spiro atoms. The van der Waals surface area contributed by atoms with Gasteiger partial charge in [-0.3, -0.25) is 4.79 Å². The number of carbonyl (C=O) groups excluding carboxylic acids is 1. The molecule has 0 aliphatic carbocycles. The highest BCUT2D eigenvalue weighted by atomic mass is 35.5. The maximum absolute atomic E-state index is 12.8. The van der Waals surface area contributed by atoms with E-state index >= 15 is 0 Å². The number of sulfonamides is 1. The molecule has 1 saturated heterocycles. The molecule has 8 heteroatoms. The Morgan fingerprint density at radius 2 is 1.93 bits per heavy atom. The summed E-state index contributed by atoms with van der Waals surface area (Å²) < 4.78 is 27.0. The van der Waals surface area contributed by atoms with E-state index in [4.69, 9.17) is 11.6 Å². The molecule has 2 aromatic carbocycles. The third kappa shape index (κ3) is 3.94. The number of benzene rings is 2. The molecule has 148 valence electrons. The molecule has 2 heterocycles. The zero-order valence-corrected chi connectivity index (χ0v) is 17.6. The normalized spacial score (nSPS) is 20.0. The number of amides is 1. The Bertz CT molecular complexity index is 1000. The van der Waals surface area contributed by atoms with Gasteiger partial charge in [-0.05, 0) is 61.2 Å². The predicted octanol–water partition coefficient (Wildman–Crippen LogP) is 4.09. The van der Waals surface area contributed by atoms with Crippen LogP contribution in [0.4, 0.5) is 0 Å². The van der Waals surface area contributed by atoms with Crippen molar-refractivity contribution in [2.75, 3.05) is 18.8 Å². The maximum Gasteiger partial charge on any atom is 0.251 e. The molecule has 5 nitrogen and oxygen atoms in total. The van der Waals surface area contributed by atoms with Crippen LogP contribution in [-0.4, -0.2) is 37.5 Å². The van der Waals surface area contributed by atoms with Gasteiger partial charge in [-0.15, -0.1) is 11.8 Å². The van der Waals surface area contributed by atoms with E-state index in [-0.39, 0.29) is 16.8 Å². The van der Waals surface area contributed by atoms with Crippen molar-refractivity contribution in [3.05, 3.63) is 58.6 Å². The predicted molar refractivity (Wildman–Crippen MR) is 111 cm³/mol. The van der Waals surface area contributed by atoms with Gasteiger partial charge in [0.05, 0.1) is 10.9 Å². The summed E-state index contributed by atoms with van der Waals surface area (Å²) in [5.41, 5.74) is 1.36. The Labute approximate surface area is 174 Å². The van der Waals surface area contributed by atoms with Crippen LogP contribution in [-0.2, 0) is 10.0 Å². The van der Waals surface area contributed by atoms with Gasteiger partial charge < -0.3 is 5.32 Å². The molecule has 2 aliphatic heterocycles. The lowest BCUT2D eigenvalue weighted by Gasteiger charge is -2.26. The quantitative estimate of drug-likeness (QED) is 0.783. The summed E-state index contributed by atoms with van der Waals surface area (Å²) in [5, 5.41) is 3.69. The van der Waals surface area contributed by atoms with Crippen LogP contribution in [0.15, 0.2) is 52.3 Å². The fraction of sp³-hybridized carbons (Fsp3) is 0.350. The van der Waals surface area contributed by atoms with Crippen molar-refractivity contribution in [3.63, 3.8) is 0 Å². The van der Waals surface area contributed by atoms with Gasteiger partial charge in [0.15, 0.2) is 0 Å². The molecule has 1 amide bonds. The minimum absolute atomic E-state index is 0.138. The molecule has 1 fully saturated rings. The molecule has 2 aliphatic rings. The zero-order chi connectivity index (χ0) is 19.7. The van der Waals surface area contributed by atoms with Gasteiger partial charge in [0, 0.05) is 34.3 Å². The molecular formula is C20H21ClN2O3S2. The second-order valence-electron chi connectivity index (χ2n) is 6.98. The number of hydrogen-bond acceptors (Lipinski definition) is 4. The van der Waals surface area contributed by atoms with Gasteiger partial charge in [0.1, 0.15) is 0 Å². The van der Waals surface area contributed by atoms with Gasteiger partial charge in [0.25, 0.3) is 5.91 Å². The van der Waals surface area contributed by atoms with E-state index in [2.05, 4.69) is 5.32 Å². The summed E-state index contributed by atoms with van der Waals surface area (Å²) in [6.07, 6.45) is 2.55. The van der Waals surface area contributed by atoms with E-state index in [1.54, 1.807) is 30.0 Å². The molecule has 4 rings (SSSR count). The first kappa shape index (κ1) is 19.8. The Balaban J connectivity index is 1.56. The second-order valence-corrected chi connectivity index (χ2v) is 10.5. The van der Waals surface area contributed by atoms with Crippen molar-refractivity contribution in [3.8, 4) is 0 Å². The molecular weight excluding hydrogens is 416 g/mol. The van der Waals surface area contributed by atoms with Crippen molar-refractivity contribution in [1.82, 2.24) is 9.62 Å². The van der Waals surface area contributed by atoms with Crippen LogP contribution in [0.25, 0.3) is 0 Å². The van der Waals surface area contributed by atoms with Crippen LogP contribution in [0, 0.1) is 0 Å². The van der Waals surface area contributed by atoms with E-state index in [1.165, 1.54) is 10.4 Å². The van der Waals surface area contributed by atoms with Gasteiger partial charge in [-0.25, -0.2) is 8.42 Å². The van der Waals surface area contributed by atoms with Crippen molar-refractivity contribution in [2.45, 2.75) is 35.1 Å². The van der Waals surface area contributed by atoms with Crippen LogP contribution < -0.4 is 5.32 Å². The highest BCUT2D eigenvalue weighted by Gasteiger charge is 2.28. The second kappa shape index (κ2) is 8.06. The van der Waals surface area contributed by atoms with Crippen molar-refractivity contribution in [2.24, 2.45) is 0 Å². The lowest BCUT2D eigenvalue weighted by atomic mass is 10.0. The number of rotatable bonds is 4. The van der Waals surface area contributed by atoms with Crippen molar-refractivity contribution < 1.29 is 13.2 Å². The number of carbonyl (C=O) groups is 1. The fourth-order valence-corrected chi connectivity index (χ4v) is 6.48. The number of halogens is 1. The zero-order valence-electron chi connectivity index (χ0n) is 15.2. The van der Waals surface area contributed by atoms with Crippen LogP contribution in [0.3, 0.4) is 0 Å². The monoisotopic (exact) mass is 436 g/mol. The van der Waals surface area contributed by atoms with Gasteiger partial charge in [0.2, 0.25) is 10.0 Å². The standard InChI is InChI=1S/C20H21ClN2O3S2/c21-15-6-7-19-17(13-15)18(8-11-27-19)22-20(24)14-4-3-5-16(12-14)28(25,26)23-9-1-2-10-23/h3-7,12-13,18H,1-2,8-11H2,(H,22,24). The summed E-state index contributed by atoms with van der Waals surface area (Å²) in [7, 11) is -3.55. The molecule has 0 radical (unpaired) electrons. The van der Waals surface area contributed by atoms with E-state index in [0.29, 0.717) is 23.7 Å². The lowest BCUT2D eigenvalue weighted by Crippen LogP contribution is -2.31. The number of fused-ring (bicyclic) bond motifs is 1. The van der Waals surface area contributed by atoms with Crippen molar-refractivity contribution in [1.29, 1.82) is 0 Å². The molecule has 0 bridgehead atoms. The van der Waals surface area contributed by atoms with Crippen molar-refractivity contribution >= 4 is 39.3 Å². The Hall–Kier alpha value is -1.54. The smallest absolute Gasteiger partial charge is 0.251 e. The molecule has 1 unspecified atom stereocenters. The Morgan fingerprint density at radius 1 is 1.14 bits per heavy atom. The van der Waals surface area contributed by atoms with Gasteiger partial charge in [-0.2, -0.15) is 4.31 Å². The SMILES string of the molecule is O=C(NC1CCSc2ccc(Cl)cc21)c1cccc(S(=O)(=O)N2CCCC2)c1. The summed E-state index contributed by atoms with van der Waals surface area (Å²) in [6, 6.07) is 11.9. The number of thioether (sulfide) groups is 1. The Morgan fingerprint density at radius 3 is 2.71 bits per heavy atom. The third-order valence-electron chi connectivity index (χ3n) is 5.12. The molecule has 1 N–H and O–H groups in total. The van der Waals surface area contributed by atoms with Crippen LogP contribution in [0.5, 0.6) is 0 Å². The van der Waals surface area contributed by atoms with Crippen LogP contribution >= 0.6 is 23.4 Å². The third-order valence-corrected chi connectivity index (χ3v) is 8.37. The minimum atomic E-state index is -3.55. The summed E-state index contributed by atoms with van der Waals surface area (Å²) in [6.45, 7) is 1.08. The average molecular weight is 437 g/mol. The van der Waals surface area contributed by atoms with Crippen LogP contribution in [0.1, 0.15) is 41.2 Å². The summed E-state index contributed by atoms with van der Waals surface area (Å²) in [4.78, 5) is 14.1. The first-order chi connectivity index (χ1) is 13.4. The van der Waals surface area contributed by atoms with Gasteiger partial charge in [-0.1, -0.05) is 17.7 Å². The first-order valence-electron chi connectivity index (χ1n) is 9.28. The first-order valence-corrected chi connectivity index (χ1v) is 12.1. The summed E-state index contributed by atoms with van der Waals surface area (Å²) >= 11 is 7.88. The topological polar surface area (TPSA) is 66.5 Å². The highest BCUT2D eigenvalue weighted by Crippen LogP contribution is 2.37. The van der Waals surface area contributed by atoms with E-state index in [9.17, 15) is 13.2 Å². The van der Waals surface area contributed by atoms with Crippen LogP contribution in [0.2, 0.25) is 5.02 Å². The fourth-order valence-electron chi connectivity index (χ4n) is 3.63. The number of hydrogen-bond donors (Lipinski definition) is 1. The minimum Gasteiger partial charge on any atom is -0.345 e. The molecule has 2 aromatic rings. The maximum atomic E-state index is 12.8. The summed E-state index contributed by atoms with van der Waals surface area (Å²) in [5.74, 6) is 0.629. The van der Waals surface area contributed by atoms with Gasteiger partial charge >= 0.3 is 0 Å².